The van der Waals surface area contributed by atoms with Crippen LogP contribution in [-0.2, 0) is 0 Å². The van der Waals surface area contributed by atoms with Gasteiger partial charge in [-0.1, -0.05) is 30.7 Å². The zero-order chi connectivity index (χ0) is 11.5. The van der Waals surface area contributed by atoms with Crippen molar-refractivity contribution in [3.05, 3.63) is 34.9 Å². The molecule has 3 heteroatoms. The molecule has 2 nitrogen and oxygen atoms in total. The molecule has 1 aromatic rings. The fourth-order valence-corrected chi connectivity index (χ4v) is 1.58. The topological polar surface area (TPSA) is 44.0 Å². The van der Waals surface area contributed by atoms with Gasteiger partial charge in [-0.2, -0.15) is 5.26 Å². The first kappa shape index (κ1) is 12.0. The third-order valence-corrected chi connectivity index (χ3v) is 2.99. The van der Waals surface area contributed by atoms with Crippen molar-refractivity contribution >= 4 is 11.6 Å². The van der Waals surface area contributed by atoms with Crippen LogP contribution in [-0.4, -0.2) is 5.11 Å². The highest BCUT2D eigenvalue weighted by atomic mass is 35.5. The standard InChI is InChI=1S/C12H14ClNO/c1-3-12(2,8-14)11(15)9-5-4-6-10(13)7-9/h4-7,11,15H,3H2,1-2H3. The molecule has 0 heterocycles. The minimum Gasteiger partial charge on any atom is -0.387 e. The second-order valence-electron chi connectivity index (χ2n) is 3.84. The van der Waals surface area contributed by atoms with Crippen molar-refractivity contribution in [3.63, 3.8) is 0 Å². The van der Waals surface area contributed by atoms with E-state index in [2.05, 4.69) is 6.07 Å². The summed E-state index contributed by atoms with van der Waals surface area (Å²) in [6, 6.07) is 9.14. The van der Waals surface area contributed by atoms with E-state index in [0.717, 1.165) is 0 Å². The molecule has 0 bridgehead atoms. The Balaban J connectivity index is 3.04. The molecule has 0 fully saturated rings. The Hall–Kier alpha value is -1.04. The Morgan fingerprint density at radius 3 is 2.73 bits per heavy atom. The predicted molar refractivity (Wildman–Crippen MR) is 60.4 cm³/mol. The summed E-state index contributed by atoms with van der Waals surface area (Å²) < 4.78 is 0. The number of aliphatic hydroxyl groups is 1. The molecule has 0 aliphatic rings. The van der Waals surface area contributed by atoms with E-state index < -0.39 is 11.5 Å². The predicted octanol–water partition coefficient (Wildman–Crippen LogP) is 3.31. The van der Waals surface area contributed by atoms with E-state index in [1.807, 2.05) is 6.92 Å². The molecular weight excluding hydrogens is 210 g/mol. The largest absolute Gasteiger partial charge is 0.387 e. The van der Waals surface area contributed by atoms with Gasteiger partial charge in [0.2, 0.25) is 0 Å². The summed E-state index contributed by atoms with van der Waals surface area (Å²) in [5.41, 5.74) is -0.0709. The Bertz CT molecular complexity index is 385. The number of hydrogen-bond acceptors (Lipinski definition) is 2. The summed E-state index contributed by atoms with van der Waals surface area (Å²) >= 11 is 5.83. The van der Waals surface area contributed by atoms with Gasteiger partial charge in [0.15, 0.2) is 0 Å². The number of nitriles is 1. The lowest BCUT2D eigenvalue weighted by Gasteiger charge is -2.26. The van der Waals surface area contributed by atoms with Crippen molar-refractivity contribution in [1.82, 2.24) is 0 Å². The number of aliphatic hydroxyl groups excluding tert-OH is 1. The fraction of sp³-hybridized carbons (Fsp3) is 0.417. The highest BCUT2D eigenvalue weighted by molar-refractivity contribution is 6.30. The van der Waals surface area contributed by atoms with Crippen molar-refractivity contribution in [1.29, 1.82) is 5.26 Å². The molecule has 0 spiro atoms. The monoisotopic (exact) mass is 223 g/mol. The van der Waals surface area contributed by atoms with E-state index in [-0.39, 0.29) is 0 Å². The Labute approximate surface area is 95.1 Å². The lowest BCUT2D eigenvalue weighted by molar-refractivity contribution is 0.0722. The van der Waals surface area contributed by atoms with Gasteiger partial charge >= 0.3 is 0 Å². The molecule has 80 valence electrons. The van der Waals surface area contributed by atoms with Gasteiger partial charge < -0.3 is 5.11 Å². The second kappa shape index (κ2) is 4.65. The Kier molecular flexibility index (Phi) is 3.73. The van der Waals surface area contributed by atoms with Crippen LogP contribution in [0.25, 0.3) is 0 Å². The molecule has 0 aromatic heterocycles. The van der Waals surface area contributed by atoms with Crippen LogP contribution in [0.1, 0.15) is 31.9 Å². The number of rotatable bonds is 3. The molecule has 0 radical (unpaired) electrons. The Morgan fingerprint density at radius 2 is 2.27 bits per heavy atom. The zero-order valence-corrected chi connectivity index (χ0v) is 9.62. The third kappa shape index (κ3) is 2.50. The summed E-state index contributed by atoms with van der Waals surface area (Å²) in [6.07, 6.45) is -0.205. The van der Waals surface area contributed by atoms with Crippen molar-refractivity contribution in [2.75, 3.05) is 0 Å². The van der Waals surface area contributed by atoms with Gasteiger partial charge in [0.05, 0.1) is 17.6 Å². The van der Waals surface area contributed by atoms with Crippen molar-refractivity contribution in [2.45, 2.75) is 26.4 Å². The molecule has 1 aromatic carbocycles. The van der Waals surface area contributed by atoms with E-state index >= 15 is 0 Å². The van der Waals surface area contributed by atoms with Gasteiger partial charge in [-0.3, -0.25) is 0 Å². The van der Waals surface area contributed by atoms with E-state index in [4.69, 9.17) is 16.9 Å². The van der Waals surface area contributed by atoms with Crippen molar-refractivity contribution in [3.8, 4) is 6.07 Å². The van der Waals surface area contributed by atoms with Crippen LogP contribution < -0.4 is 0 Å². The number of nitrogens with zero attached hydrogens (tertiary/aromatic N) is 1. The summed E-state index contributed by atoms with van der Waals surface area (Å²) in [5, 5.41) is 19.7. The number of halogens is 1. The fourth-order valence-electron chi connectivity index (χ4n) is 1.38. The minimum atomic E-state index is -0.800. The lowest BCUT2D eigenvalue weighted by Crippen LogP contribution is -2.22. The average Bonchev–Trinajstić information content (AvgIpc) is 2.27. The SMILES string of the molecule is CCC(C)(C#N)C(O)c1cccc(Cl)c1. The first-order valence-corrected chi connectivity index (χ1v) is 5.26. The van der Waals surface area contributed by atoms with Gasteiger partial charge in [-0.15, -0.1) is 0 Å². The molecule has 2 atom stereocenters. The molecule has 0 aliphatic heterocycles. The van der Waals surface area contributed by atoms with E-state index in [1.54, 1.807) is 31.2 Å². The quantitative estimate of drug-likeness (QED) is 0.855. The van der Waals surface area contributed by atoms with E-state index in [9.17, 15) is 5.11 Å². The van der Waals surface area contributed by atoms with Crippen LogP contribution in [0.4, 0.5) is 0 Å². The summed E-state index contributed by atoms with van der Waals surface area (Å²) in [5.74, 6) is 0. The van der Waals surface area contributed by atoms with Crippen molar-refractivity contribution < 1.29 is 5.11 Å². The van der Waals surface area contributed by atoms with Crippen LogP contribution in [0.15, 0.2) is 24.3 Å². The Morgan fingerprint density at radius 1 is 1.60 bits per heavy atom. The second-order valence-corrected chi connectivity index (χ2v) is 4.28. The first-order valence-electron chi connectivity index (χ1n) is 4.88. The van der Waals surface area contributed by atoms with Crippen LogP contribution in [0, 0.1) is 16.7 Å². The van der Waals surface area contributed by atoms with Gasteiger partial charge in [-0.05, 0) is 31.0 Å². The van der Waals surface area contributed by atoms with E-state index in [1.165, 1.54) is 0 Å². The number of benzene rings is 1. The van der Waals surface area contributed by atoms with E-state index in [0.29, 0.717) is 17.0 Å². The summed E-state index contributed by atoms with van der Waals surface area (Å²) in [4.78, 5) is 0. The molecule has 0 aliphatic carbocycles. The minimum absolute atomic E-state index is 0.572. The van der Waals surface area contributed by atoms with Gasteiger partial charge in [-0.25, -0.2) is 0 Å². The maximum atomic E-state index is 10.1. The lowest BCUT2D eigenvalue weighted by atomic mass is 9.80. The maximum absolute atomic E-state index is 10.1. The smallest absolute Gasteiger partial charge is 0.0973 e. The average molecular weight is 224 g/mol. The molecule has 0 saturated carbocycles. The molecule has 2 unspecified atom stereocenters. The van der Waals surface area contributed by atoms with Gasteiger partial charge in [0.25, 0.3) is 0 Å². The molecule has 1 N–H and O–H groups in total. The molecule has 0 saturated heterocycles. The van der Waals surface area contributed by atoms with Crippen LogP contribution >= 0.6 is 11.6 Å². The molecule has 1 rings (SSSR count). The highest BCUT2D eigenvalue weighted by Crippen LogP contribution is 2.36. The maximum Gasteiger partial charge on any atom is 0.0973 e. The van der Waals surface area contributed by atoms with Crippen LogP contribution in [0.5, 0.6) is 0 Å². The molecular formula is C12H14ClNO. The first-order chi connectivity index (χ1) is 7.03. The number of hydrogen-bond donors (Lipinski definition) is 1. The summed E-state index contributed by atoms with van der Waals surface area (Å²) in [7, 11) is 0. The third-order valence-electron chi connectivity index (χ3n) is 2.76. The summed E-state index contributed by atoms with van der Waals surface area (Å²) in [6.45, 7) is 3.63. The normalized spacial score (nSPS) is 16.5. The van der Waals surface area contributed by atoms with Gasteiger partial charge in [0, 0.05) is 5.02 Å². The van der Waals surface area contributed by atoms with Crippen LogP contribution in [0.2, 0.25) is 5.02 Å². The van der Waals surface area contributed by atoms with Crippen molar-refractivity contribution in [2.24, 2.45) is 5.41 Å². The van der Waals surface area contributed by atoms with Crippen LogP contribution in [0.3, 0.4) is 0 Å². The molecule has 0 amide bonds. The molecule has 15 heavy (non-hydrogen) atoms. The highest BCUT2D eigenvalue weighted by Gasteiger charge is 2.32. The zero-order valence-electron chi connectivity index (χ0n) is 8.87. The van der Waals surface area contributed by atoms with Gasteiger partial charge in [0.1, 0.15) is 0 Å².